The van der Waals surface area contributed by atoms with Gasteiger partial charge in [-0.3, -0.25) is 9.56 Å². The van der Waals surface area contributed by atoms with E-state index in [-0.39, 0.29) is 0 Å². The highest BCUT2D eigenvalue weighted by Gasteiger charge is 2.19. The van der Waals surface area contributed by atoms with Crippen molar-refractivity contribution in [1.82, 2.24) is 24.8 Å². The van der Waals surface area contributed by atoms with Gasteiger partial charge in [-0.25, -0.2) is 9.97 Å². The Kier molecular flexibility index (Phi) is 5.74. The number of guanidine groups is 1. The van der Waals surface area contributed by atoms with Crippen LogP contribution in [-0.2, 0) is 6.54 Å². The Morgan fingerprint density at radius 3 is 2.45 bits per heavy atom. The van der Waals surface area contributed by atoms with E-state index >= 15 is 0 Å². The van der Waals surface area contributed by atoms with E-state index in [1.807, 2.05) is 37.0 Å². The number of rotatable bonds is 4. The molecule has 0 bridgehead atoms. The average Bonchev–Trinajstić information content (AvgIpc) is 3.21. The summed E-state index contributed by atoms with van der Waals surface area (Å²) < 4.78 is 1.97. The molecule has 7 heteroatoms. The molecule has 29 heavy (non-hydrogen) atoms. The zero-order valence-electron chi connectivity index (χ0n) is 17.0. The van der Waals surface area contributed by atoms with Gasteiger partial charge in [0.15, 0.2) is 5.96 Å². The van der Waals surface area contributed by atoms with Crippen LogP contribution in [0, 0.1) is 6.92 Å². The number of benzene rings is 1. The summed E-state index contributed by atoms with van der Waals surface area (Å²) in [5.74, 6) is 2.75. The van der Waals surface area contributed by atoms with E-state index in [1.54, 1.807) is 6.20 Å². The molecule has 150 valence electrons. The molecule has 0 amide bonds. The van der Waals surface area contributed by atoms with Gasteiger partial charge < -0.3 is 15.1 Å². The van der Waals surface area contributed by atoms with Crippen molar-refractivity contribution >= 4 is 11.6 Å². The Morgan fingerprint density at radius 1 is 1.03 bits per heavy atom. The Bertz CT molecular complexity index is 939. The maximum Gasteiger partial charge on any atom is 0.194 e. The molecule has 1 aliphatic rings. The number of anilines is 1. The van der Waals surface area contributed by atoms with Crippen molar-refractivity contribution < 1.29 is 0 Å². The van der Waals surface area contributed by atoms with Gasteiger partial charge >= 0.3 is 0 Å². The maximum atomic E-state index is 4.56. The zero-order chi connectivity index (χ0) is 20.1. The van der Waals surface area contributed by atoms with Crippen LogP contribution >= 0.6 is 0 Å². The van der Waals surface area contributed by atoms with Crippen molar-refractivity contribution in [1.29, 1.82) is 0 Å². The van der Waals surface area contributed by atoms with Crippen LogP contribution in [-0.4, -0.2) is 58.6 Å². The SMILES string of the molecule is CN=C(NCc1ccc(-n2ccnc2C)nc1)N1CCN(c2ccccc2)CC1. The lowest BCUT2D eigenvalue weighted by Crippen LogP contribution is -2.52. The van der Waals surface area contributed by atoms with Crippen molar-refractivity contribution in [3.05, 3.63) is 72.4 Å². The normalized spacial score (nSPS) is 14.9. The van der Waals surface area contributed by atoms with Gasteiger partial charge in [-0.1, -0.05) is 24.3 Å². The Labute approximate surface area is 171 Å². The lowest BCUT2D eigenvalue weighted by atomic mass is 10.2. The molecule has 1 N–H and O–H groups in total. The number of aryl methyl sites for hydroxylation is 1. The van der Waals surface area contributed by atoms with Crippen molar-refractivity contribution in [2.24, 2.45) is 4.99 Å². The number of hydrogen-bond acceptors (Lipinski definition) is 4. The molecule has 2 aromatic heterocycles. The lowest BCUT2D eigenvalue weighted by Gasteiger charge is -2.37. The number of pyridine rings is 1. The third-order valence-electron chi connectivity index (χ3n) is 5.24. The van der Waals surface area contributed by atoms with Gasteiger partial charge in [-0.15, -0.1) is 0 Å². The van der Waals surface area contributed by atoms with Crippen LogP contribution in [0.4, 0.5) is 5.69 Å². The summed E-state index contributed by atoms with van der Waals surface area (Å²) in [7, 11) is 1.84. The van der Waals surface area contributed by atoms with Crippen molar-refractivity contribution in [3.8, 4) is 5.82 Å². The minimum Gasteiger partial charge on any atom is -0.368 e. The van der Waals surface area contributed by atoms with E-state index in [9.17, 15) is 0 Å². The first kappa shape index (κ1) is 19.0. The minimum atomic E-state index is 0.696. The van der Waals surface area contributed by atoms with Crippen LogP contribution in [0.2, 0.25) is 0 Å². The van der Waals surface area contributed by atoms with Crippen LogP contribution in [0.3, 0.4) is 0 Å². The molecule has 0 unspecified atom stereocenters. The standard InChI is InChI=1S/C22H27N7/c1-18-24-10-11-29(18)21-9-8-19(16-25-21)17-26-22(23-2)28-14-12-27(13-15-28)20-6-4-3-5-7-20/h3-11,16H,12-15,17H2,1-2H3,(H,23,26). The number of para-hydroxylation sites is 1. The highest BCUT2D eigenvalue weighted by molar-refractivity contribution is 5.80. The maximum absolute atomic E-state index is 4.56. The average molecular weight is 390 g/mol. The number of aromatic nitrogens is 3. The van der Waals surface area contributed by atoms with E-state index < -0.39 is 0 Å². The summed E-state index contributed by atoms with van der Waals surface area (Å²) >= 11 is 0. The molecular formula is C22H27N7. The van der Waals surface area contributed by atoms with Crippen LogP contribution in [0.15, 0.2) is 66.0 Å². The number of imidazole rings is 1. The molecule has 0 spiro atoms. The quantitative estimate of drug-likeness (QED) is 0.549. The van der Waals surface area contributed by atoms with Gasteiger partial charge in [0.05, 0.1) is 0 Å². The highest BCUT2D eigenvalue weighted by atomic mass is 15.3. The Morgan fingerprint density at radius 2 is 1.83 bits per heavy atom. The monoisotopic (exact) mass is 389 g/mol. The van der Waals surface area contributed by atoms with Crippen LogP contribution < -0.4 is 10.2 Å². The molecular weight excluding hydrogens is 362 g/mol. The molecule has 7 nitrogen and oxygen atoms in total. The second kappa shape index (κ2) is 8.77. The second-order valence-corrected chi connectivity index (χ2v) is 7.08. The molecule has 0 radical (unpaired) electrons. The molecule has 0 saturated carbocycles. The van der Waals surface area contributed by atoms with E-state index in [1.165, 1.54) is 5.69 Å². The molecule has 1 fully saturated rings. The third-order valence-corrected chi connectivity index (χ3v) is 5.24. The second-order valence-electron chi connectivity index (χ2n) is 7.08. The molecule has 1 saturated heterocycles. The van der Waals surface area contributed by atoms with Gasteiger partial charge in [-0.05, 0) is 30.7 Å². The zero-order valence-corrected chi connectivity index (χ0v) is 17.0. The van der Waals surface area contributed by atoms with E-state index in [2.05, 4.69) is 66.5 Å². The van der Waals surface area contributed by atoms with Gasteiger partial charge in [0.25, 0.3) is 0 Å². The van der Waals surface area contributed by atoms with Crippen LogP contribution in [0.25, 0.3) is 5.82 Å². The number of piperazine rings is 1. The molecule has 0 aliphatic carbocycles. The molecule has 1 aromatic carbocycles. The number of hydrogen-bond donors (Lipinski definition) is 1. The largest absolute Gasteiger partial charge is 0.368 e. The van der Waals surface area contributed by atoms with E-state index in [4.69, 9.17) is 0 Å². The molecule has 3 aromatic rings. The van der Waals surface area contributed by atoms with Crippen molar-refractivity contribution in [2.45, 2.75) is 13.5 Å². The smallest absolute Gasteiger partial charge is 0.194 e. The fraction of sp³-hybridized carbons (Fsp3) is 0.318. The topological polar surface area (TPSA) is 61.6 Å². The number of aliphatic imine (C=N–C) groups is 1. The fourth-order valence-electron chi connectivity index (χ4n) is 3.61. The summed E-state index contributed by atoms with van der Waals surface area (Å²) in [6.07, 6.45) is 5.61. The Hall–Kier alpha value is -3.35. The summed E-state index contributed by atoms with van der Waals surface area (Å²) in [4.78, 5) is 18.0. The number of nitrogens with one attached hydrogen (secondary N) is 1. The molecule has 1 aliphatic heterocycles. The van der Waals surface area contributed by atoms with Crippen LogP contribution in [0.1, 0.15) is 11.4 Å². The molecule has 4 rings (SSSR count). The summed E-state index contributed by atoms with van der Waals surface area (Å²) in [6, 6.07) is 14.7. The Balaban J connectivity index is 1.31. The predicted octanol–water partition coefficient (Wildman–Crippen LogP) is 2.47. The predicted molar refractivity (Wildman–Crippen MR) is 117 cm³/mol. The van der Waals surface area contributed by atoms with Gasteiger partial charge in [-0.2, -0.15) is 0 Å². The third kappa shape index (κ3) is 4.39. The number of nitrogens with zero attached hydrogens (tertiary/aromatic N) is 6. The fourth-order valence-corrected chi connectivity index (χ4v) is 3.61. The highest BCUT2D eigenvalue weighted by Crippen LogP contribution is 2.15. The first-order valence-electron chi connectivity index (χ1n) is 9.95. The first-order valence-corrected chi connectivity index (χ1v) is 9.95. The first-order chi connectivity index (χ1) is 14.2. The van der Waals surface area contributed by atoms with Gasteiger partial charge in [0.2, 0.25) is 0 Å². The van der Waals surface area contributed by atoms with Crippen molar-refractivity contribution in [2.75, 3.05) is 38.1 Å². The van der Waals surface area contributed by atoms with E-state index in [0.717, 1.165) is 49.3 Å². The molecule has 3 heterocycles. The van der Waals surface area contributed by atoms with E-state index in [0.29, 0.717) is 6.54 Å². The van der Waals surface area contributed by atoms with Gasteiger partial charge in [0.1, 0.15) is 11.6 Å². The van der Waals surface area contributed by atoms with Gasteiger partial charge in [0, 0.05) is 64.0 Å². The molecule has 0 atom stereocenters. The lowest BCUT2D eigenvalue weighted by molar-refractivity contribution is 0.372. The summed E-state index contributed by atoms with van der Waals surface area (Å²) in [5, 5.41) is 3.47. The summed E-state index contributed by atoms with van der Waals surface area (Å²) in [6.45, 7) is 6.55. The van der Waals surface area contributed by atoms with Crippen LogP contribution in [0.5, 0.6) is 0 Å². The summed E-state index contributed by atoms with van der Waals surface area (Å²) in [5.41, 5.74) is 2.41. The van der Waals surface area contributed by atoms with Crippen molar-refractivity contribution in [3.63, 3.8) is 0 Å². The minimum absolute atomic E-state index is 0.696.